The number of aliphatic carboxylic acids is 1. The highest BCUT2D eigenvalue weighted by molar-refractivity contribution is 5.69. The third kappa shape index (κ3) is 5.13. The van der Waals surface area contributed by atoms with Gasteiger partial charge in [-0.15, -0.1) is 0 Å². The van der Waals surface area contributed by atoms with Gasteiger partial charge in [-0.05, 0) is 19.3 Å². The van der Waals surface area contributed by atoms with E-state index in [1.54, 1.807) is 0 Å². The number of hydrogen-bond donors (Lipinski definition) is 2. The highest BCUT2D eigenvalue weighted by Crippen LogP contribution is 2.14. The zero-order valence-corrected chi connectivity index (χ0v) is 7.62. The van der Waals surface area contributed by atoms with Crippen molar-refractivity contribution in [2.75, 3.05) is 6.61 Å². The normalized spacial score (nSPS) is 12.8. The van der Waals surface area contributed by atoms with E-state index < -0.39 is 5.97 Å². The average molecular weight is 174 g/mol. The van der Waals surface area contributed by atoms with Crippen LogP contribution < -0.4 is 0 Å². The largest absolute Gasteiger partial charge is 0.481 e. The third-order valence-electron chi connectivity index (χ3n) is 1.95. The van der Waals surface area contributed by atoms with E-state index in [4.69, 9.17) is 10.2 Å². The van der Waals surface area contributed by atoms with Gasteiger partial charge in [-0.1, -0.05) is 19.8 Å². The number of aliphatic hydroxyl groups excluding tert-OH is 1. The topological polar surface area (TPSA) is 57.5 Å². The van der Waals surface area contributed by atoms with Crippen LogP contribution in [0, 0.1) is 5.92 Å². The summed E-state index contributed by atoms with van der Waals surface area (Å²) in [5.41, 5.74) is 0. The van der Waals surface area contributed by atoms with Crippen molar-refractivity contribution >= 4 is 5.97 Å². The Morgan fingerprint density at radius 2 is 2.00 bits per heavy atom. The minimum atomic E-state index is -0.699. The summed E-state index contributed by atoms with van der Waals surface area (Å²) in [6.07, 6.45) is 3.89. The molecule has 0 aliphatic heterocycles. The lowest BCUT2D eigenvalue weighted by atomic mass is 9.97. The zero-order chi connectivity index (χ0) is 9.40. The summed E-state index contributed by atoms with van der Waals surface area (Å²) < 4.78 is 0. The van der Waals surface area contributed by atoms with Crippen molar-refractivity contribution in [1.29, 1.82) is 0 Å². The Morgan fingerprint density at radius 1 is 1.33 bits per heavy atom. The van der Waals surface area contributed by atoms with Crippen molar-refractivity contribution in [2.24, 2.45) is 5.92 Å². The number of carbonyl (C=O) groups is 1. The predicted molar refractivity (Wildman–Crippen MR) is 47.0 cm³/mol. The fraction of sp³-hybridized carbons (Fsp3) is 0.889. The number of carboxylic acids is 1. The lowest BCUT2D eigenvalue weighted by Gasteiger charge is -2.09. The molecule has 0 aliphatic rings. The van der Waals surface area contributed by atoms with Crippen LogP contribution in [-0.4, -0.2) is 22.8 Å². The Balaban J connectivity index is 3.56. The van der Waals surface area contributed by atoms with Crippen molar-refractivity contribution in [3.63, 3.8) is 0 Å². The number of rotatable bonds is 7. The van der Waals surface area contributed by atoms with Crippen molar-refractivity contribution < 1.29 is 15.0 Å². The molecule has 0 spiro atoms. The minimum absolute atomic E-state index is 0.165. The lowest BCUT2D eigenvalue weighted by molar-refractivity contribution is -0.142. The Kier molecular flexibility index (Phi) is 6.76. The van der Waals surface area contributed by atoms with Crippen LogP contribution in [0.1, 0.15) is 39.0 Å². The van der Waals surface area contributed by atoms with E-state index in [1.165, 1.54) is 0 Å². The number of aliphatic hydroxyl groups is 1. The van der Waals surface area contributed by atoms with Gasteiger partial charge in [0.1, 0.15) is 0 Å². The van der Waals surface area contributed by atoms with Gasteiger partial charge in [0.05, 0.1) is 5.92 Å². The molecule has 0 saturated carbocycles. The van der Waals surface area contributed by atoms with Gasteiger partial charge in [-0.2, -0.15) is 0 Å². The highest BCUT2D eigenvalue weighted by Gasteiger charge is 2.14. The van der Waals surface area contributed by atoms with E-state index >= 15 is 0 Å². The maximum absolute atomic E-state index is 10.6. The van der Waals surface area contributed by atoms with E-state index in [2.05, 4.69) is 0 Å². The monoisotopic (exact) mass is 174 g/mol. The Bertz CT molecular complexity index is 123. The fourth-order valence-corrected chi connectivity index (χ4v) is 1.24. The molecule has 1 unspecified atom stereocenters. The van der Waals surface area contributed by atoms with Crippen LogP contribution >= 0.6 is 0 Å². The van der Waals surface area contributed by atoms with Crippen LogP contribution in [0.4, 0.5) is 0 Å². The Morgan fingerprint density at radius 3 is 2.42 bits per heavy atom. The molecule has 3 nitrogen and oxygen atoms in total. The molecule has 0 rings (SSSR count). The third-order valence-corrected chi connectivity index (χ3v) is 1.95. The molecular formula is C9H18O3. The van der Waals surface area contributed by atoms with Gasteiger partial charge in [0.15, 0.2) is 0 Å². The van der Waals surface area contributed by atoms with Gasteiger partial charge < -0.3 is 10.2 Å². The second-order valence-electron chi connectivity index (χ2n) is 3.04. The summed E-state index contributed by atoms with van der Waals surface area (Å²) >= 11 is 0. The van der Waals surface area contributed by atoms with E-state index in [0.29, 0.717) is 12.8 Å². The molecular weight excluding hydrogens is 156 g/mol. The van der Waals surface area contributed by atoms with E-state index in [9.17, 15) is 4.79 Å². The molecule has 0 bridgehead atoms. The van der Waals surface area contributed by atoms with E-state index in [-0.39, 0.29) is 12.5 Å². The molecule has 72 valence electrons. The van der Waals surface area contributed by atoms with Gasteiger partial charge in [0.25, 0.3) is 0 Å². The lowest BCUT2D eigenvalue weighted by Crippen LogP contribution is -2.13. The van der Waals surface area contributed by atoms with Gasteiger partial charge in [-0.3, -0.25) is 4.79 Å². The van der Waals surface area contributed by atoms with Gasteiger partial charge >= 0.3 is 5.97 Å². The summed E-state index contributed by atoms with van der Waals surface area (Å²) in [4.78, 5) is 10.6. The first-order valence-electron chi connectivity index (χ1n) is 4.56. The molecule has 0 saturated heterocycles. The van der Waals surface area contributed by atoms with Gasteiger partial charge in [0, 0.05) is 6.61 Å². The van der Waals surface area contributed by atoms with Crippen LogP contribution in [0.15, 0.2) is 0 Å². The fourth-order valence-electron chi connectivity index (χ4n) is 1.24. The molecule has 3 heteroatoms. The quantitative estimate of drug-likeness (QED) is 0.577. The second kappa shape index (κ2) is 7.10. The molecule has 0 heterocycles. The molecule has 0 aromatic rings. The molecule has 12 heavy (non-hydrogen) atoms. The molecule has 0 aliphatic carbocycles. The standard InChI is InChI=1S/C9H18O3/c1-2-5-8(9(11)12)6-3-4-7-10/h8,10H,2-7H2,1H3,(H,11,12). The molecule has 0 fully saturated rings. The van der Waals surface area contributed by atoms with Crippen LogP contribution in [-0.2, 0) is 4.79 Å². The smallest absolute Gasteiger partial charge is 0.306 e. The van der Waals surface area contributed by atoms with Gasteiger partial charge in [0.2, 0.25) is 0 Å². The summed E-state index contributed by atoms with van der Waals surface area (Å²) in [7, 11) is 0. The molecule has 0 aromatic heterocycles. The van der Waals surface area contributed by atoms with Crippen LogP contribution in [0.2, 0.25) is 0 Å². The van der Waals surface area contributed by atoms with E-state index in [1.807, 2.05) is 6.92 Å². The number of hydrogen-bond acceptors (Lipinski definition) is 2. The van der Waals surface area contributed by atoms with Crippen LogP contribution in [0.5, 0.6) is 0 Å². The van der Waals surface area contributed by atoms with Crippen molar-refractivity contribution in [3.8, 4) is 0 Å². The molecule has 0 aromatic carbocycles. The Hall–Kier alpha value is -0.570. The molecule has 0 amide bonds. The summed E-state index contributed by atoms with van der Waals surface area (Å²) in [5.74, 6) is -0.906. The molecule has 2 N–H and O–H groups in total. The first kappa shape index (κ1) is 11.4. The van der Waals surface area contributed by atoms with Crippen molar-refractivity contribution in [2.45, 2.75) is 39.0 Å². The zero-order valence-electron chi connectivity index (χ0n) is 7.62. The summed E-state index contributed by atoms with van der Waals surface area (Å²) in [6, 6.07) is 0. The SMILES string of the molecule is CCCC(CCCCO)C(=O)O. The first-order valence-corrected chi connectivity index (χ1v) is 4.56. The average Bonchev–Trinajstić information content (AvgIpc) is 2.03. The van der Waals surface area contributed by atoms with Crippen molar-refractivity contribution in [1.82, 2.24) is 0 Å². The summed E-state index contributed by atoms with van der Waals surface area (Å²) in [6.45, 7) is 2.15. The minimum Gasteiger partial charge on any atom is -0.481 e. The van der Waals surface area contributed by atoms with Gasteiger partial charge in [-0.25, -0.2) is 0 Å². The molecule has 1 atom stereocenters. The number of carboxylic acid groups (broad SMARTS) is 1. The van der Waals surface area contributed by atoms with E-state index in [0.717, 1.165) is 19.3 Å². The van der Waals surface area contributed by atoms with Crippen LogP contribution in [0.3, 0.4) is 0 Å². The summed E-state index contributed by atoms with van der Waals surface area (Å²) in [5, 5.41) is 17.2. The second-order valence-corrected chi connectivity index (χ2v) is 3.04. The van der Waals surface area contributed by atoms with Crippen molar-refractivity contribution in [3.05, 3.63) is 0 Å². The highest BCUT2D eigenvalue weighted by atomic mass is 16.4. The maximum Gasteiger partial charge on any atom is 0.306 e. The first-order chi connectivity index (χ1) is 5.72. The Labute approximate surface area is 73.4 Å². The predicted octanol–water partition coefficient (Wildman–Crippen LogP) is 1.65. The maximum atomic E-state index is 10.6. The molecule has 0 radical (unpaired) electrons. The van der Waals surface area contributed by atoms with Crippen LogP contribution in [0.25, 0.3) is 0 Å². The number of unbranched alkanes of at least 4 members (excludes halogenated alkanes) is 1.